The number of nitrogens with one attached hydrogen (secondary N) is 1. The highest BCUT2D eigenvalue weighted by Gasteiger charge is 2.41. The Morgan fingerprint density at radius 3 is 2.59 bits per heavy atom. The van der Waals surface area contributed by atoms with Gasteiger partial charge in [0.2, 0.25) is 0 Å². The van der Waals surface area contributed by atoms with Crippen LogP contribution in [0.3, 0.4) is 0 Å². The molecular formula is C14H29NOS. The number of hydrogen-bond donors (Lipinski definition) is 1. The van der Waals surface area contributed by atoms with E-state index >= 15 is 0 Å². The molecule has 102 valence electrons. The van der Waals surface area contributed by atoms with E-state index in [-0.39, 0.29) is 5.41 Å². The van der Waals surface area contributed by atoms with Crippen molar-refractivity contribution in [3.05, 3.63) is 0 Å². The monoisotopic (exact) mass is 259 g/mol. The van der Waals surface area contributed by atoms with E-state index in [0.717, 1.165) is 19.4 Å². The van der Waals surface area contributed by atoms with Gasteiger partial charge in [0.1, 0.15) is 0 Å². The Hall–Kier alpha value is 0.110. The third-order valence-electron chi connectivity index (χ3n) is 4.22. The highest BCUT2D eigenvalue weighted by molar-refractivity contribution is 7.86. The van der Waals surface area contributed by atoms with Gasteiger partial charge < -0.3 is 5.32 Å². The maximum absolute atomic E-state index is 12.6. The van der Waals surface area contributed by atoms with Gasteiger partial charge in [-0.15, -0.1) is 0 Å². The number of rotatable bonds is 5. The highest BCUT2D eigenvalue weighted by atomic mass is 32.2. The lowest BCUT2D eigenvalue weighted by molar-refractivity contribution is 0.174. The van der Waals surface area contributed by atoms with E-state index in [2.05, 4.69) is 39.9 Å². The van der Waals surface area contributed by atoms with Crippen LogP contribution in [0.25, 0.3) is 0 Å². The van der Waals surface area contributed by atoms with Gasteiger partial charge in [0, 0.05) is 22.1 Å². The van der Waals surface area contributed by atoms with Gasteiger partial charge in [-0.05, 0) is 31.2 Å². The predicted molar refractivity (Wildman–Crippen MR) is 76.8 cm³/mol. The van der Waals surface area contributed by atoms with Gasteiger partial charge in [0.25, 0.3) is 0 Å². The first-order valence-electron chi connectivity index (χ1n) is 7.06. The van der Waals surface area contributed by atoms with Gasteiger partial charge in [0.15, 0.2) is 0 Å². The third-order valence-corrected chi connectivity index (χ3v) is 6.45. The summed E-state index contributed by atoms with van der Waals surface area (Å²) < 4.78 is 12.6. The molecule has 1 aliphatic rings. The van der Waals surface area contributed by atoms with Crippen molar-refractivity contribution in [2.75, 3.05) is 6.54 Å². The zero-order valence-corrected chi connectivity index (χ0v) is 12.9. The van der Waals surface area contributed by atoms with Crippen LogP contribution in [0.5, 0.6) is 0 Å². The minimum absolute atomic E-state index is 0.280. The molecule has 0 aromatic rings. The van der Waals surface area contributed by atoms with Crippen molar-refractivity contribution >= 4 is 10.8 Å². The standard InChI is InChI=1S/C14H29NOS/c1-6-11(3)17(16)12-9-8-10-14(4,5)13(12)15-7-2/h11-13,15H,6-10H2,1-5H3. The van der Waals surface area contributed by atoms with Gasteiger partial charge in [-0.3, -0.25) is 4.21 Å². The van der Waals surface area contributed by atoms with Gasteiger partial charge >= 0.3 is 0 Å². The third kappa shape index (κ3) is 3.54. The van der Waals surface area contributed by atoms with Crippen LogP contribution in [-0.4, -0.2) is 27.3 Å². The summed E-state index contributed by atoms with van der Waals surface area (Å²) in [5.74, 6) is 0. The van der Waals surface area contributed by atoms with Crippen LogP contribution in [-0.2, 0) is 10.8 Å². The molecular weight excluding hydrogens is 230 g/mol. The summed E-state index contributed by atoms with van der Waals surface area (Å²) in [5.41, 5.74) is 0.280. The molecule has 0 aliphatic heterocycles. The second kappa shape index (κ2) is 6.33. The summed E-state index contributed by atoms with van der Waals surface area (Å²) >= 11 is 0. The van der Waals surface area contributed by atoms with Crippen molar-refractivity contribution in [2.45, 2.75) is 76.8 Å². The van der Waals surface area contributed by atoms with Crippen LogP contribution in [0, 0.1) is 5.41 Å². The maximum Gasteiger partial charge on any atom is 0.0509 e. The van der Waals surface area contributed by atoms with E-state index in [9.17, 15) is 4.21 Å². The summed E-state index contributed by atoms with van der Waals surface area (Å²) in [7, 11) is -0.692. The first-order chi connectivity index (χ1) is 7.94. The van der Waals surface area contributed by atoms with Gasteiger partial charge in [-0.1, -0.05) is 41.0 Å². The lowest BCUT2D eigenvalue weighted by Crippen LogP contribution is -2.55. The minimum Gasteiger partial charge on any atom is -0.313 e. The van der Waals surface area contributed by atoms with Gasteiger partial charge in [0.05, 0.1) is 5.25 Å². The molecule has 4 unspecified atom stereocenters. The molecule has 2 nitrogen and oxygen atoms in total. The summed E-state index contributed by atoms with van der Waals surface area (Å²) in [5, 5.41) is 4.26. The topological polar surface area (TPSA) is 29.1 Å². The Bertz CT molecular complexity index is 265. The van der Waals surface area contributed by atoms with Crippen molar-refractivity contribution in [1.82, 2.24) is 5.32 Å². The minimum atomic E-state index is -0.692. The molecule has 17 heavy (non-hydrogen) atoms. The van der Waals surface area contributed by atoms with E-state index < -0.39 is 10.8 Å². The van der Waals surface area contributed by atoms with Crippen LogP contribution >= 0.6 is 0 Å². The molecule has 1 saturated carbocycles. The zero-order chi connectivity index (χ0) is 13.1. The number of hydrogen-bond acceptors (Lipinski definition) is 2. The average molecular weight is 259 g/mol. The molecule has 1 rings (SSSR count). The molecule has 1 fully saturated rings. The van der Waals surface area contributed by atoms with Crippen molar-refractivity contribution in [3.8, 4) is 0 Å². The van der Waals surface area contributed by atoms with Crippen LogP contribution in [0.2, 0.25) is 0 Å². The van der Waals surface area contributed by atoms with Gasteiger partial charge in [-0.2, -0.15) is 0 Å². The molecule has 0 heterocycles. The molecule has 0 spiro atoms. The molecule has 1 aliphatic carbocycles. The SMILES string of the molecule is CCNC1C(S(=O)C(C)CC)CCCC1(C)C. The van der Waals surface area contributed by atoms with E-state index in [1.54, 1.807) is 0 Å². The average Bonchev–Trinajstić information content (AvgIpc) is 2.29. The first kappa shape index (κ1) is 15.2. The molecule has 1 N–H and O–H groups in total. The summed E-state index contributed by atoms with van der Waals surface area (Å²) in [6.07, 6.45) is 4.61. The van der Waals surface area contributed by atoms with Crippen molar-refractivity contribution in [2.24, 2.45) is 5.41 Å². The maximum atomic E-state index is 12.6. The van der Waals surface area contributed by atoms with Crippen molar-refractivity contribution in [3.63, 3.8) is 0 Å². The Balaban J connectivity index is 2.83. The molecule has 0 bridgehead atoms. The molecule has 0 aromatic heterocycles. The van der Waals surface area contributed by atoms with Crippen molar-refractivity contribution in [1.29, 1.82) is 0 Å². The normalized spacial score (nSPS) is 32.1. The van der Waals surface area contributed by atoms with E-state index in [1.165, 1.54) is 12.8 Å². The Kier molecular flexibility index (Phi) is 5.65. The molecule has 0 radical (unpaired) electrons. The summed E-state index contributed by atoms with van der Waals surface area (Å²) in [6.45, 7) is 12.0. The van der Waals surface area contributed by atoms with Crippen LogP contribution in [0.15, 0.2) is 0 Å². The molecule has 3 heteroatoms. The zero-order valence-electron chi connectivity index (χ0n) is 12.1. The Morgan fingerprint density at radius 2 is 2.06 bits per heavy atom. The lowest BCUT2D eigenvalue weighted by Gasteiger charge is -2.44. The molecule has 0 saturated heterocycles. The van der Waals surface area contributed by atoms with Crippen molar-refractivity contribution < 1.29 is 4.21 Å². The van der Waals surface area contributed by atoms with E-state index in [4.69, 9.17) is 0 Å². The highest BCUT2D eigenvalue weighted by Crippen LogP contribution is 2.38. The largest absolute Gasteiger partial charge is 0.313 e. The Labute approximate surface area is 109 Å². The fraction of sp³-hybridized carbons (Fsp3) is 1.00. The predicted octanol–water partition coefficient (Wildman–Crippen LogP) is 3.09. The molecule has 4 atom stereocenters. The smallest absolute Gasteiger partial charge is 0.0509 e. The second-order valence-corrected chi connectivity index (χ2v) is 8.07. The summed E-state index contributed by atoms with van der Waals surface area (Å²) in [4.78, 5) is 0. The Morgan fingerprint density at radius 1 is 1.41 bits per heavy atom. The van der Waals surface area contributed by atoms with Crippen LogP contribution in [0.4, 0.5) is 0 Å². The van der Waals surface area contributed by atoms with Crippen LogP contribution < -0.4 is 5.32 Å². The van der Waals surface area contributed by atoms with E-state index in [1.807, 2.05) is 0 Å². The molecule has 0 amide bonds. The van der Waals surface area contributed by atoms with Gasteiger partial charge in [-0.25, -0.2) is 0 Å². The lowest BCUT2D eigenvalue weighted by atomic mass is 9.73. The fourth-order valence-electron chi connectivity index (χ4n) is 2.92. The fourth-order valence-corrected chi connectivity index (χ4v) is 4.98. The molecule has 0 aromatic carbocycles. The second-order valence-electron chi connectivity index (χ2n) is 6.00. The van der Waals surface area contributed by atoms with E-state index in [0.29, 0.717) is 16.5 Å². The first-order valence-corrected chi connectivity index (χ1v) is 8.34. The quantitative estimate of drug-likeness (QED) is 0.822. The summed E-state index contributed by atoms with van der Waals surface area (Å²) in [6, 6.07) is 0.413. The van der Waals surface area contributed by atoms with Crippen LogP contribution in [0.1, 0.15) is 60.3 Å².